The molecule has 2 radical (unpaired) electrons. The van der Waals surface area contributed by atoms with Crippen LogP contribution in [-0.4, -0.2) is 76.7 Å². The smallest absolute Gasteiger partial charge is 0.158 e. The third-order valence-electron chi connectivity index (χ3n) is 7.63. The summed E-state index contributed by atoms with van der Waals surface area (Å²) in [4.78, 5) is 0. The molecule has 3 rings (SSSR count). The Kier molecular flexibility index (Phi) is 8.79. The first kappa shape index (κ1) is 28.3. The molecule has 8 nitrogen and oxygen atoms in total. The Balaban J connectivity index is 1.61. The third-order valence-corrected chi connectivity index (χ3v) is 7.63. The van der Waals surface area contributed by atoms with Gasteiger partial charge in [0.1, 0.15) is 6.10 Å². The van der Waals surface area contributed by atoms with E-state index in [0.717, 1.165) is 19.3 Å². The molecule has 3 aliphatic heterocycles. The number of rotatable bonds is 8. The molecule has 8 heteroatoms. The van der Waals surface area contributed by atoms with Gasteiger partial charge in [0.25, 0.3) is 0 Å². The lowest BCUT2D eigenvalue weighted by Gasteiger charge is -2.50. The minimum atomic E-state index is -0.477. The highest BCUT2D eigenvalue weighted by Gasteiger charge is 2.48. The van der Waals surface area contributed by atoms with Gasteiger partial charge in [-0.2, -0.15) is 0 Å². The van der Waals surface area contributed by atoms with Crippen LogP contribution in [0.15, 0.2) is 0 Å². The first-order valence-corrected chi connectivity index (χ1v) is 13.1. The van der Waals surface area contributed by atoms with E-state index in [9.17, 15) is 10.4 Å². The molecule has 1 atom stereocenters. The van der Waals surface area contributed by atoms with Crippen molar-refractivity contribution in [1.82, 2.24) is 10.1 Å². The Hall–Kier alpha value is -0.320. The van der Waals surface area contributed by atoms with E-state index in [1.807, 2.05) is 55.4 Å². The van der Waals surface area contributed by atoms with Crippen molar-refractivity contribution in [3.63, 3.8) is 0 Å². The fraction of sp³-hybridized carbons (Fsp3) is 1.00. The molecule has 0 aliphatic carbocycles. The fourth-order valence-electron chi connectivity index (χ4n) is 6.23. The van der Waals surface area contributed by atoms with E-state index in [-0.39, 0.29) is 24.6 Å². The normalized spacial score (nSPS) is 30.6. The van der Waals surface area contributed by atoms with E-state index in [1.165, 1.54) is 10.1 Å². The van der Waals surface area contributed by atoms with Crippen molar-refractivity contribution >= 4 is 0 Å². The Morgan fingerprint density at radius 3 is 1.50 bits per heavy atom. The lowest BCUT2D eigenvalue weighted by molar-refractivity contribution is -0.306. The Morgan fingerprint density at radius 1 is 0.735 bits per heavy atom. The summed E-state index contributed by atoms with van der Waals surface area (Å²) in [6.07, 6.45) is 5.20. The van der Waals surface area contributed by atoms with Gasteiger partial charge in [0.2, 0.25) is 0 Å². The number of ether oxygens (including phenoxy) is 4. The fourth-order valence-corrected chi connectivity index (χ4v) is 6.23. The van der Waals surface area contributed by atoms with Gasteiger partial charge in [-0.1, -0.05) is 0 Å². The monoisotopic (exact) mass is 484 g/mol. The largest absolute Gasteiger partial charge is 0.375 e. The molecule has 0 spiro atoms. The lowest BCUT2D eigenvalue weighted by atomic mass is 9.80. The second-order valence-electron chi connectivity index (χ2n) is 13.1. The SMILES string of the molecule is CC1(C)CC(OCC(COC2CC(C)(C)N([O])C(C)(C)C2)OC2CCCCO2)CC(C)(C)N1[O]. The molecular weight excluding hydrogens is 436 g/mol. The highest BCUT2D eigenvalue weighted by atomic mass is 16.7. The molecule has 0 aromatic carbocycles. The molecule has 0 aromatic heterocycles. The maximum Gasteiger partial charge on any atom is 0.158 e. The van der Waals surface area contributed by atoms with Crippen LogP contribution in [0.1, 0.15) is 100 Å². The van der Waals surface area contributed by atoms with Crippen LogP contribution >= 0.6 is 0 Å². The van der Waals surface area contributed by atoms with Crippen LogP contribution in [0.25, 0.3) is 0 Å². The lowest BCUT2D eigenvalue weighted by Crippen LogP contribution is -2.60. The summed E-state index contributed by atoms with van der Waals surface area (Å²) in [5, 5.41) is 27.8. The molecule has 3 fully saturated rings. The van der Waals surface area contributed by atoms with E-state index in [2.05, 4.69) is 0 Å². The highest BCUT2D eigenvalue weighted by Crippen LogP contribution is 2.39. The van der Waals surface area contributed by atoms with Crippen LogP contribution in [-0.2, 0) is 29.4 Å². The topological polar surface area (TPSA) is 83.2 Å². The number of hydrogen-bond acceptors (Lipinski definition) is 6. The van der Waals surface area contributed by atoms with Crippen molar-refractivity contribution in [3.8, 4) is 0 Å². The van der Waals surface area contributed by atoms with Gasteiger partial charge < -0.3 is 18.9 Å². The molecule has 0 N–H and O–H groups in total. The predicted octanol–water partition coefficient (Wildman–Crippen LogP) is 4.67. The summed E-state index contributed by atoms with van der Waals surface area (Å²) >= 11 is 0. The maximum atomic E-state index is 12.7. The van der Waals surface area contributed by atoms with Crippen molar-refractivity contribution in [3.05, 3.63) is 0 Å². The quantitative estimate of drug-likeness (QED) is 0.498. The molecule has 3 aliphatic rings. The Bertz CT molecular complexity index is 580. The molecule has 0 aromatic rings. The molecule has 0 bridgehead atoms. The van der Waals surface area contributed by atoms with Gasteiger partial charge in [0, 0.05) is 28.8 Å². The van der Waals surface area contributed by atoms with Gasteiger partial charge in [-0.15, -0.1) is 20.5 Å². The first-order chi connectivity index (χ1) is 15.6. The van der Waals surface area contributed by atoms with Crippen molar-refractivity contribution in [2.24, 2.45) is 0 Å². The Labute approximate surface area is 206 Å². The van der Waals surface area contributed by atoms with E-state index in [1.54, 1.807) is 0 Å². The van der Waals surface area contributed by atoms with Crippen molar-refractivity contribution in [2.75, 3.05) is 19.8 Å². The number of piperidine rings is 2. The van der Waals surface area contributed by atoms with Gasteiger partial charge in [-0.3, -0.25) is 0 Å². The molecule has 0 saturated carbocycles. The Morgan fingerprint density at radius 2 is 1.15 bits per heavy atom. The number of nitrogens with zero attached hydrogens (tertiary/aromatic N) is 2. The maximum absolute atomic E-state index is 12.7. The van der Waals surface area contributed by atoms with Crippen LogP contribution in [0, 0.1) is 0 Å². The number of hydroxylamine groups is 4. The van der Waals surface area contributed by atoms with Crippen LogP contribution in [0.5, 0.6) is 0 Å². The van der Waals surface area contributed by atoms with Gasteiger partial charge in [0.05, 0.1) is 25.4 Å². The summed E-state index contributed by atoms with van der Waals surface area (Å²) in [6, 6.07) is 0. The van der Waals surface area contributed by atoms with Crippen LogP contribution in [0.2, 0.25) is 0 Å². The average molecular weight is 485 g/mol. The van der Waals surface area contributed by atoms with Crippen molar-refractivity contribution < 1.29 is 29.4 Å². The summed E-state index contributed by atoms with van der Waals surface area (Å²) in [7, 11) is 0. The second kappa shape index (κ2) is 10.6. The van der Waals surface area contributed by atoms with E-state index in [0.29, 0.717) is 45.5 Å². The zero-order chi connectivity index (χ0) is 25.4. The molecule has 3 saturated heterocycles. The van der Waals surface area contributed by atoms with Gasteiger partial charge in [-0.05, 0) is 100 Å². The van der Waals surface area contributed by atoms with E-state index < -0.39 is 22.2 Å². The molecule has 0 amide bonds. The summed E-state index contributed by atoms with van der Waals surface area (Å²) in [5.74, 6) is 0. The van der Waals surface area contributed by atoms with Gasteiger partial charge in [-0.25, -0.2) is 0 Å². The molecule has 34 heavy (non-hydrogen) atoms. The minimum Gasteiger partial charge on any atom is -0.375 e. The van der Waals surface area contributed by atoms with Crippen molar-refractivity contribution in [2.45, 2.75) is 147 Å². The molecular formula is C26H48N2O6. The van der Waals surface area contributed by atoms with E-state index >= 15 is 0 Å². The second-order valence-corrected chi connectivity index (χ2v) is 13.1. The van der Waals surface area contributed by atoms with Crippen LogP contribution < -0.4 is 0 Å². The van der Waals surface area contributed by atoms with Gasteiger partial charge in [0.15, 0.2) is 6.29 Å². The van der Waals surface area contributed by atoms with Gasteiger partial charge >= 0.3 is 0 Å². The number of hydrogen-bond donors (Lipinski definition) is 0. The summed E-state index contributed by atoms with van der Waals surface area (Å²) in [6.45, 7) is 17.4. The zero-order valence-corrected chi connectivity index (χ0v) is 22.7. The summed E-state index contributed by atoms with van der Waals surface area (Å²) < 4.78 is 24.9. The molecule has 3 heterocycles. The zero-order valence-electron chi connectivity index (χ0n) is 22.7. The van der Waals surface area contributed by atoms with E-state index in [4.69, 9.17) is 18.9 Å². The first-order valence-electron chi connectivity index (χ1n) is 13.1. The summed E-state index contributed by atoms with van der Waals surface area (Å²) in [5.41, 5.74) is -1.91. The van der Waals surface area contributed by atoms with Crippen LogP contribution in [0.3, 0.4) is 0 Å². The minimum absolute atomic E-state index is 0.0184. The third kappa shape index (κ3) is 6.91. The molecule has 198 valence electrons. The van der Waals surface area contributed by atoms with Crippen molar-refractivity contribution in [1.29, 1.82) is 0 Å². The molecule has 1 unspecified atom stereocenters. The average Bonchev–Trinajstić information content (AvgIpc) is 2.72. The standard InChI is InChI=1S/C26H48N2O6/c1-23(2)13-19(14-24(3,4)27(23)29)32-17-21(34-22-11-9-10-12-31-22)18-33-20-15-25(5,6)28(30)26(7,8)16-20/h19-22H,9-18H2,1-8H3. The predicted molar refractivity (Wildman–Crippen MR) is 128 cm³/mol. The van der Waals surface area contributed by atoms with Crippen LogP contribution in [0.4, 0.5) is 0 Å². The highest BCUT2D eigenvalue weighted by molar-refractivity contribution is 4.98.